The summed E-state index contributed by atoms with van der Waals surface area (Å²) in [6.45, 7) is 5.84. The molecule has 31 nitrogen and oxygen atoms in total. The van der Waals surface area contributed by atoms with Crippen molar-refractivity contribution in [3.63, 3.8) is 0 Å². The number of ether oxygens (including phenoxy) is 6. The van der Waals surface area contributed by atoms with Gasteiger partial charge in [0.25, 0.3) is 11.8 Å². The van der Waals surface area contributed by atoms with E-state index in [1.54, 1.807) is 47.3 Å². The fourth-order valence-electron chi connectivity index (χ4n) is 17.4. The number of amides is 2. The molecule has 20 rings (SSSR count). The monoisotopic (exact) mass is 1760 g/mol. The summed E-state index contributed by atoms with van der Waals surface area (Å²) in [5, 5.41) is 32.6. The third-order valence-corrected chi connectivity index (χ3v) is 26.3. The third kappa shape index (κ3) is 17.2. The van der Waals surface area contributed by atoms with E-state index < -0.39 is 5.97 Å². The van der Waals surface area contributed by atoms with Crippen LogP contribution in [-0.4, -0.2) is 212 Å². The normalized spacial score (nSPS) is 19.4. The Labute approximate surface area is 717 Å². The summed E-state index contributed by atoms with van der Waals surface area (Å²) in [5.74, 6) is 4.45. The van der Waals surface area contributed by atoms with Crippen LogP contribution in [0.5, 0.6) is 0 Å². The van der Waals surface area contributed by atoms with E-state index in [9.17, 15) is 19.5 Å². The van der Waals surface area contributed by atoms with Gasteiger partial charge in [0.2, 0.25) is 0 Å². The number of rotatable bonds is 23. The number of benzene rings is 2. The van der Waals surface area contributed by atoms with E-state index >= 15 is 0 Å². The van der Waals surface area contributed by atoms with Gasteiger partial charge in [-0.15, -0.1) is 0 Å². The van der Waals surface area contributed by atoms with E-state index in [0.29, 0.717) is 71.1 Å². The van der Waals surface area contributed by atoms with Gasteiger partial charge in [0, 0.05) is 195 Å². The summed E-state index contributed by atoms with van der Waals surface area (Å²) in [5.41, 5.74) is 12.4. The number of anilines is 3. The molecule has 2 aromatic carbocycles. The number of methoxy groups -OCH3 is 3. The second-order valence-corrected chi connectivity index (χ2v) is 33.7. The minimum absolute atomic E-state index is 0.00126. The Bertz CT molecular complexity index is 5830. The summed E-state index contributed by atoms with van der Waals surface area (Å²) in [6, 6.07) is 39.8. The summed E-state index contributed by atoms with van der Waals surface area (Å²) >= 11 is -0.00126. The van der Waals surface area contributed by atoms with Gasteiger partial charge >= 0.3 is 72.5 Å². The number of aromatic carboxylic acids is 1. The minimum atomic E-state index is -1.06. The molecule has 2 unspecified atom stereocenters. The molecule has 9 aliphatic heterocycles. The molecule has 3 aliphatic carbocycles. The molecule has 8 aromatic rings. The molecular weight excluding hydrogens is 1660 g/mol. The number of alkyl halides is 1. The van der Waals surface area contributed by atoms with Crippen LogP contribution in [0, 0.1) is 5.92 Å². The quantitative estimate of drug-likeness (QED) is 0.0226. The van der Waals surface area contributed by atoms with Crippen LogP contribution in [0.4, 0.5) is 17.5 Å². The molecule has 6 fully saturated rings. The molecule has 12 aliphatic rings. The number of fused-ring (bicyclic) bond motifs is 6. The number of hydrogen-bond donors (Lipinski definition) is 5. The number of halogens is 1. The first kappa shape index (κ1) is 82.9. The van der Waals surface area contributed by atoms with Gasteiger partial charge in [-0.2, -0.15) is 28.8 Å². The average Bonchev–Trinajstić information content (AvgIpc) is 1.61. The zero-order valence-corrected chi connectivity index (χ0v) is 71.5. The van der Waals surface area contributed by atoms with E-state index in [0.717, 1.165) is 195 Å². The maximum atomic E-state index is 13.5. The number of hydrogen-bond acceptors (Lipinski definition) is 22. The standard InChI is InChI=1S/C32H35N7O3.C27H26N6O3.C25H29N7O3.C6H13INO/c1-37(20-21-7-4-3-5-8-21)29-17-27(24-18-33-30-23(24)9-6-14-38(30)22-12-15-42-16-13-22)35-31-25(19-34-39(29)31)32(40)36-26-10-11-28(26)41-2;1-31(17-18-6-3-2-4-7-18)24-14-23(30-26-22(27(34)35)16-29-33(24)26)21-15-28-25-20(21)8-5-11-32(25)19-9-12-36-13-10-19;1-26-22-12-20(17-13-27-23-16(17)4-3-9-31(23)15-7-10-35-11-8-15)29-24-18(14-28-32(22)24)25(33)30-19-5-6-21(19)34-2;1-9-6-3-2-5(6)4-7-8/h3-9,14,17-19,22,26,28H,10-13,15-16,20H2,1-2H3,(H,36,40);2-8,11,14-16,19H,9-10,12-13,17H2,1H3,(H,34,35);3-4,9,12-15,19,21,26H,5-8,10-11H2,1-2H3,(H,30,33);5-6H,2-4,8H2,1H3/q;;;-1/t26?,28-;;19?,21-;5-,6+/m0.01/s1. The molecule has 32 heteroatoms. The Morgan fingerprint density at radius 2 is 0.844 bits per heavy atom. The van der Waals surface area contributed by atoms with E-state index in [4.69, 9.17) is 62.3 Å². The number of carboxylic acid groups (broad SMARTS) is 1. The Hall–Kier alpha value is -11.4. The average molecular weight is 1770 g/mol. The molecule has 3 saturated carbocycles. The van der Waals surface area contributed by atoms with Gasteiger partial charge in [0.1, 0.15) is 51.6 Å². The Balaban J connectivity index is 0.000000124. The summed E-state index contributed by atoms with van der Waals surface area (Å²) in [6.07, 6.45) is 29.1. The van der Waals surface area contributed by atoms with Crippen molar-refractivity contribution >= 4 is 52.2 Å². The number of carboxylic acids is 1. The number of nitrogens with one attached hydrogen (secondary N) is 3. The zero-order chi connectivity index (χ0) is 83.9. The predicted octanol–water partition coefficient (Wildman–Crippen LogP) is 9.35. The SMILES string of the molecule is CN(Cc1ccccc1)c1cc(-c2cnc3n(C4CCOCC4)cccc2-3)nc2c(C(=O)O)cnn12.CNc1cc(-c2cnc3n(C4CCOCC4)cccc2-3)nc2c(C(=O)NC3CC[C@@H]3OC)cnn12.CO[C@H]1CCC1NC(=O)c1cnn2c(N(C)Cc3ccccc3)cc(-c3cnc4n(C5CCOCC5)cccc3-4)nc12.CO[C@H]1CC[C@@H]1C[I-]N. The van der Waals surface area contributed by atoms with Crippen LogP contribution in [0.2, 0.25) is 0 Å². The van der Waals surface area contributed by atoms with Crippen LogP contribution in [0.25, 0.3) is 84.9 Å². The van der Waals surface area contributed by atoms with Crippen LogP contribution in [0.1, 0.15) is 137 Å². The van der Waals surface area contributed by atoms with Crippen LogP contribution >= 0.6 is 0 Å². The van der Waals surface area contributed by atoms with Crippen molar-refractivity contribution < 1.29 is 69.4 Å². The van der Waals surface area contributed by atoms with Gasteiger partial charge < -0.3 is 68.2 Å². The van der Waals surface area contributed by atoms with Gasteiger partial charge in [-0.25, -0.2) is 34.7 Å². The van der Waals surface area contributed by atoms with Crippen LogP contribution in [-0.2, 0) is 41.5 Å². The second kappa shape index (κ2) is 37.5. The molecule has 122 heavy (non-hydrogen) atoms. The Morgan fingerprint density at radius 1 is 0.467 bits per heavy atom. The van der Waals surface area contributed by atoms with Gasteiger partial charge in [0.05, 0.1) is 60.0 Å². The van der Waals surface area contributed by atoms with Gasteiger partial charge in [0.15, 0.2) is 16.9 Å². The van der Waals surface area contributed by atoms with E-state index in [1.165, 1.54) is 29.0 Å². The van der Waals surface area contributed by atoms with E-state index in [1.807, 2.05) is 111 Å². The Kier molecular flexibility index (Phi) is 25.5. The molecule has 6 aromatic heterocycles. The van der Waals surface area contributed by atoms with Crippen molar-refractivity contribution in [2.75, 3.05) is 102 Å². The molecular formula is C90H103IN21O10-. The van der Waals surface area contributed by atoms with E-state index in [-0.39, 0.29) is 63.1 Å². The zero-order valence-electron chi connectivity index (χ0n) is 69.4. The summed E-state index contributed by atoms with van der Waals surface area (Å²) in [4.78, 5) is 71.8. The number of carbonyl (C=O) groups is 3. The topological polar surface area (TPSA) is 339 Å². The maximum absolute atomic E-state index is 13.5. The molecule has 6 atom stereocenters. The van der Waals surface area contributed by atoms with Crippen LogP contribution in [0.3, 0.4) is 0 Å². The number of carbonyl (C=O) groups excluding carboxylic acids is 2. The molecule has 0 spiro atoms. The summed E-state index contributed by atoms with van der Waals surface area (Å²) < 4.78 is 51.3. The second-order valence-electron chi connectivity index (χ2n) is 31.9. The molecule has 6 N–H and O–H groups in total. The molecule has 0 radical (unpaired) electrons. The van der Waals surface area contributed by atoms with Crippen molar-refractivity contribution in [1.82, 2.24) is 83.1 Å². The predicted molar refractivity (Wildman–Crippen MR) is 459 cm³/mol. The van der Waals surface area contributed by atoms with Crippen molar-refractivity contribution in [1.29, 1.82) is 0 Å². The van der Waals surface area contributed by atoms with Crippen LogP contribution in [0.15, 0.2) is 171 Å². The van der Waals surface area contributed by atoms with Crippen molar-refractivity contribution in [3.05, 3.63) is 199 Å². The van der Waals surface area contributed by atoms with Gasteiger partial charge in [-0.3, -0.25) is 9.59 Å². The first-order chi connectivity index (χ1) is 59.8. The number of aromatic nitrogens is 15. The first-order valence-electron chi connectivity index (χ1n) is 41.9. The molecule has 636 valence electrons. The van der Waals surface area contributed by atoms with Crippen molar-refractivity contribution in [2.45, 2.75) is 139 Å². The first-order valence-corrected chi connectivity index (χ1v) is 44.7. The third-order valence-electron chi connectivity index (χ3n) is 24.6. The van der Waals surface area contributed by atoms with Gasteiger partial charge in [-0.1, -0.05) is 60.7 Å². The summed E-state index contributed by atoms with van der Waals surface area (Å²) in [7, 11) is 11.0. The van der Waals surface area contributed by atoms with Crippen molar-refractivity contribution in [2.24, 2.45) is 9.86 Å². The fourth-order valence-corrected chi connectivity index (χ4v) is 19.0. The number of nitrogens with two attached hydrogens (primary N) is 1. The van der Waals surface area contributed by atoms with E-state index in [2.05, 4.69) is 117 Å². The van der Waals surface area contributed by atoms with Crippen LogP contribution < -0.4 is 51.2 Å². The molecule has 15 heterocycles. The van der Waals surface area contributed by atoms with Gasteiger partial charge in [-0.05, 0) is 112 Å². The Morgan fingerprint density at radius 3 is 1.20 bits per heavy atom. The fraction of sp³-hybridized carbons (Fsp3) is 0.400. The number of pyridine rings is 3. The number of nitrogens with zero attached hydrogens (tertiary/aromatic N) is 17. The molecule has 3 saturated heterocycles. The molecule has 0 bridgehead atoms. The molecule has 2 amide bonds. The van der Waals surface area contributed by atoms with Crippen molar-refractivity contribution in [3.8, 4) is 67.9 Å².